The number of aryl methyl sites for hydroxylation is 1. The monoisotopic (exact) mass is 467 g/mol. The Labute approximate surface area is 195 Å². The van der Waals surface area contributed by atoms with Crippen molar-refractivity contribution in [2.24, 2.45) is 0 Å². The second-order valence-corrected chi connectivity index (χ2v) is 8.85. The maximum atomic E-state index is 12.8. The number of amides is 3. The Kier molecular flexibility index (Phi) is 5.30. The number of esters is 1. The Morgan fingerprint density at radius 3 is 2.59 bits per heavy atom. The summed E-state index contributed by atoms with van der Waals surface area (Å²) in [7, 11) is 0. The number of carbonyl (C=O) groups is 4. The van der Waals surface area contributed by atoms with Crippen molar-refractivity contribution < 1.29 is 33.4 Å². The molecule has 1 aromatic carbocycles. The van der Waals surface area contributed by atoms with E-state index in [0.29, 0.717) is 35.6 Å². The predicted molar refractivity (Wildman–Crippen MR) is 118 cm³/mol. The third-order valence-electron chi connectivity index (χ3n) is 6.70. The number of urea groups is 1. The van der Waals surface area contributed by atoms with Gasteiger partial charge >= 0.3 is 12.0 Å². The Hall–Kier alpha value is -3.82. The smallest absolute Gasteiger partial charge is 0.326 e. The molecule has 1 aromatic heterocycles. The summed E-state index contributed by atoms with van der Waals surface area (Å²) in [6, 6.07) is 6.66. The van der Waals surface area contributed by atoms with E-state index in [1.807, 2.05) is 29.7 Å². The number of aromatic nitrogens is 1. The number of ketones is 1. The molecule has 0 bridgehead atoms. The highest BCUT2D eigenvalue weighted by Gasteiger charge is 2.52. The van der Waals surface area contributed by atoms with Crippen molar-refractivity contribution in [3.05, 3.63) is 41.2 Å². The summed E-state index contributed by atoms with van der Waals surface area (Å²) >= 11 is 0. The van der Waals surface area contributed by atoms with E-state index in [-0.39, 0.29) is 12.6 Å². The first kappa shape index (κ1) is 22.0. The fraction of sp³-hybridized carbons (Fsp3) is 0.417. The van der Waals surface area contributed by atoms with Gasteiger partial charge in [-0.1, -0.05) is 12.8 Å². The normalized spacial score (nSPS) is 18.0. The summed E-state index contributed by atoms with van der Waals surface area (Å²) < 4.78 is 17.8. The lowest BCUT2D eigenvalue weighted by molar-refractivity contribution is -0.146. The number of hydrogen-bond acceptors (Lipinski definition) is 7. The summed E-state index contributed by atoms with van der Waals surface area (Å²) in [6.07, 6.45) is 2.84. The van der Waals surface area contributed by atoms with Crippen LogP contribution in [0.4, 0.5) is 4.79 Å². The van der Waals surface area contributed by atoms with Gasteiger partial charge in [-0.3, -0.25) is 19.3 Å². The lowest BCUT2D eigenvalue weighted by Crippen LogP contribution is -2.44. The van der Waals surface area contributed by atoms with Gasteiger partial charge in [0.05, 0.1) is 0 Å². The van der Waals surface area contributed by atoms with E-state index in [9.17, 15) is 19.2 Å². The van der Waals surface area contributed by atoms with Gasteiger partial charge < -0.3 is 24.1 Å². The first-order valence-electron chi connectivity index (χ1n) is 11.2. The largest absolute Gasteiger partial charge is 0.456 e. The minimum absolute atomic E-state index is 0.170. The Bertz CT molecular complexity index is 1210. The van der Waals surface area contributed by atoms with E-state index in [4.69, 9.17) is 14.2 Å². The zero-order valence-corrected chi connectivity index (χ0v) is 19.0. The lowest BCUT2D eigenvalue weighted by atomic mass is 9.98. The quantitative estimate of drug-likeness (QED) is 0.394. The minimum Gasteiger partial charge on any atom is -0.456 e. The highest BCUT2D eigenvalue weighted by atomic mass is 16.7. The van der Waals surface area contributed by atoms with Gasteiger partial charge in [0.15, 0.2) is 18.1 Å². The Balaban J connectivity index is 1.24. The molecule has 178 valence electrons. The molecule has 2 aromatic rings. The van der Waals surface area contributed by atoms with Gasteiger partial charge in [0.25, 0.3) is 5.91 Å². The van der Waals surface area contributed by atoms with E-state index in [0.717, 1.165) is 29.1 Å². The number of hydrogen-bond donors (Lipinski definition) is 1. The van der Waals surface area contributed by atoms with Crippen molar-refractivity contribution in [2.45, 2.75) is 45.1 Å². The summed E-state index contributed by atoms with van der Waals surface area (Å²) in [4.78, 5) is 50.9. The number of fused-ring (bicyclic) bond motifs is 1. The van der Waals surface area contributed by atoms with Gasteiger partial charge in [0.1, 0.15) is 12.1 Å². The Morgan fingerprint density at radius 2 is 1.82 bits per heavy atom. The van der Waals surface area contributed by atoms with Crippen LogP contribution in [-0.4, -0.2) is 58.6 Å². The second-order valence-electron chi connectivity index (χ2n) is 8.85. The Morgan fingerprint density at radius 1 is 1.09 bits per heavy atom. The van der Waals surface area contributed by atoms with E-state index in [2.05, 4.69) is 5.32 Å². The molecule has 2 fully saturated rings. The molecule has 1 aliphatic carbocycles. The summed E-state index contributed by atoms with van der Waals surface area (Å²) in [5, 5.41) is 2.72. The lowest BCUT2D eigenvalue weighted by Gasteiger charge is -2.19. The van der Waals surface area contributed by atoms with Crippen molar-refractivity contribution in [3.8, 4) is 17.2 Å². The van der Waals surface area contributed by atoms with Gasteiger partial charge in [-0.15, -0.1) is 0 Å². The molecule has 1 saturated heterocycles. The van der Waals surface area contributed by atoms with Crippen molar-refractivity contribution in [3.63, 3.8) is 0 Å². The molecular formula is C24H25N3O7. The van der Waals surface area contributed by atoms with Crippen LogP contribution in [0.1, 0.15) is 47.4 Å². The molecule has 1 spiro atoms. The first-order chi connectivity index (χ1) is 16.3. The van der Waals surface area contributed by atoms with Crippen molar-refractivity contribution in [1.29, 1.82) is 0 Å². The van der Waals surface area contributed by atoms with E-state index in [1.54, 1.807) is 13.0 Å². The number of nitrogens with one attached hydrogen (secondary N) is 1. The topological polar surface area (TPSA) is 116 Å². The maximum absolute atomic E-state index is 12.8. The molecule has 1 saturated carbocycles. The predicted octanol–water partition coefficient (Wildman–Crippen LogP) is 2.41. The molecule has 1 N–H and O–H groups in total. The molecule has 3 amide bonds. The highest BCUT2D eigenvalue weighted by molar-refractivity contribution is 6.09. The van der Waals surface area contributed by atoms with Crippen LogP contribution >= 0.6 is 0 Å². The maximum Gasteiger partial charge on any atom is 0.326 e. The molecule has 0 radical (unpaired) electrons. The van der Waals surface area contributed by atoms with Gasteiger partial charge in [-0.2, -0.15) is 0 Å². The van der Waals surface area contributed by atoms with Gasteiger partial charge in [0, 0.05) is 28.7 Å². The fourth-order valence-electron chi connectivity index (χ4n) is 5.00. The third-order valence-corrected chi connectivity index (χ3v) is 6.70. The van der Waals surface area contributed by atoms with Gasteiger partial charge in [-0.05, 0) is 44.9 Å². The number of ether oxygens (including phenoxy) is 3. The second kappa shape index (κ2) is 8.19. The molecule has 5 rings (SSSR count). The molecule has 3 aliphatic rings. The average Bonchev–Trinajstić information content (AvgIpc) is 3.57. The molecule has 0 unspecified atom stereocenters. The number of rotatable bonds is 6. The van der Waals surface area contributed by atoms with Crippen molar-refractivity contribution in [2.75, 3.05) is 19.9 Å². The summed E-state index contributed by atoms with van der Waals surface area (Å²) in [5.41, 5.74) is 1.86. The number of Topliss-reactive ketones (excluding diaryl/α,β-unsaturated/α-hetero) is 1. The van der Waals surface area contributed by atoms with Crippen LogP contribution < -0.4 is 14.8 Å². The van der Waals surface area contributed by atoms with Gasteiger partial charge in [-0.25, -0.2) is 4.79 Å². The number of benzene rings is 1. The molecule has 3 heterocycles. The van der Waals surface area contributed by atoms with Crippen LogP contribution in [0.15, 0.2) is 24.3 Å². The minimum atomic E-state index is -0.889. The molecule has 2 aliphatic heterocycles. The van der Waals surface area contributed by atoms with Crippen LogP contribution in [0, 0.1) is 13.8 Å². The summed E-state index contributed by atoms with van der Waals surface area (Å²) in [5.74, 6) is -0.287. The molecule has 0 atom stereocenters. The van der Waals surface area contributed by atoms with E-state index >= 15 is 0 Å². The first-order valence-corrected chi connectivity index (χ1v) is 11.2. The number of nitrogens with zero attached hydrogens (tertiary/aromatic N) is 2. The SMILES string of the molecule is Cc1cc(C(=O)COC(=O)CN2C(=O)NC3(CCCC3)C2=O)c(C)n1-c1ccc2c(c1)OCO2. The van der Waals surface area contributed by atoms with Crippen LogP contribution in [0.5, 0.6) is 11.5 Å². The zero-order valence-electron chi connectivity index (χ0n) is 19.0. The van der Waals surface area contributed by atoms with E-state index in [1.165, 1.54) is 0 Å². The van der Waals surface area contributed by atoms with Crippen molar-refractivity contribution >= 4 is 23.7 Å². The van der Waals surface area contributed by atoms with Crippen LogP contribution in [-0.2, 0) is 14.3 Å². The third kappa shape index (κ3) is 3.59. The molecule has 34 heavy (non-hydrogen) atoms. The van der Waals surface area contributed by atoms with Crippen LogP contribution in [0.3, 0.4) is 0 Å². The molecular weight excluding hydrogens is 442 g/mol. The van der Waals surface area contributed by atoms with Gasteiger partial charge in [0.2, 0.25) is 12.6 Å². The standard InChI is InChI=1S/C24H25N3O7/c1-14-9-17(15(2)27(14)16-5-6-19-20(10-16)34-13-33-19)18(28)12-32-21(29)11-26-22(30)24(25-23(26)31)7-3-4-8-24/h5-6,9-10H,3-4,7-8,11-13H2,1-2H3,(H,25,31). The summed E-state index contributed by atoms with van der Waals surface area (Å²) in [6.45, 7) is 2.84. The van der Waals surface area contributed by atoms with Crippen LogP contribution in [0.2, 0.25) is 0 Å². The zero-order chi connectivity index (χ0) is 24.0. The highest BCUT2D eigenvalue weighted by Crippen LogP contribution is 2.36. The van der Waals surface area contributed by atoms with Crippen molar-refractivity contribution in [1.82, 2.24) is 14.8 Å². The number of imide groups is 1. The molecule has 10 nitrogen and oxygen atoms in total. The van der Waals surface area contributed by atoms with E-state index < -0.39 is 36.6 Å². The van der Waals surface area contributed by atoms with Crippen LogP contribution in [0.25, 0.3) is 5.69 Å². The fourth-order valence-corrected chi connectivity index (χ4v) is 5.00. The number of carbonyl (C=O) groups excluding carboxylic acids is 4. The molecule has 10 heteroatoms. The average molecular weight is 467 g/mol.